The number of carbonyl (C=O) groups is 2. The molecule has 0 unspecified atom stereocenters. The lowest BCUT2D eigenvalue weighted by molar-refractivity contribution is 0.0526. The predicted molar refractivity (Wildman–Crippen MR) is 82.6 cm³/mol. The molecular weight excluding hydrogens is 298 g/mol. The van der Waals surface area contributed by atoms with Crippen LogP contribution in [0.3, 0.4) is 0 Å². The van der Waals surface area contributed by atoms with E-state index in [9.17, 15) is 14.7 Å². The molecule has 0 fully saturated rings. The second-order valence-corrected chi connectivity index (χ2v) is 5.34. The summed E-state index contributed by atoms with van der Waals surface area (Å²) in [4.78, 5) is 23.5. The van der Waals surface area contributed by atoms with Crippen LogP contribution in [0.15, 0.2) is 24.4 Å². The highest BCUT2D eigenvalue weighted by molar-refractivity contribution is 5.94. The molecule has 6 heteroatoms. The zero-order valence-electron chi connectivity index (χ0n) is 13.0. The van der Waals surface area contributed by atoms with Crippen LogP contribution >= 0.6 is 0 Å². The van der Waals surface area contributed by atoms with Crippen molar-refractivity contribution < 1.29 is 24.2 Å². The van der Waals surface area contributed by atoms with E-state index >= 15 is 0 Å². The molecule has 0 atom stereocenters. The number of rotatable bonds is 4. The molecule has 2 heterocycles. The van der Waals surface area contributed by atoms with Crippen LogP contribution in [-0.4, -0.2) is 34.8 Å². The Hall–Kier alpha value is -2.76. The van der Waals surface area contributed by atoms with Crippen molar-refractivity contribution in [3.8, 4) is 11.4 Å². The minimum Gasteiger partial charge on any atom is -0.493 e. The molecule has 6 nitrogen and oxygen atoms in total. The predicted octanol–water partition coefficient (Wildman–Crippen LogP) is 2.60. The number of hydrogen-bond acceptors (Lipinski definition) is 4. The molecule has 2 aromatic rings. The molecule has 3 rings (SSSR count). The average molecular weight is 315 g/mol. The van der Waals surface area contributed by atoms with Crippen LogP contribution in [0.25, 0.3) is 5.69 Å². The van der Waals surface area contributed by atoms with Crippen LogP contribution in [0.5, 0.6) is 5.75 Å². The molecule has 0 aliphatic carbocycles. The minimum atomic E-state index is -1.01. The first kappa shape index (κ1) is 15.1. The fourth-order valence-corrected chi connectivity index (χ4v) is 2.74. The van der Waals surface area contributed by atoms with Crippen LogP contribution < -0.4 is 4.74 Å². The molecule has 23 heavy (non-hydrogen) atoms. The van der Waals surface area contributed by atoms with Crippen LogP contribution in [0.1, 0.15) is 38.9 Å². The molecule has 0 saturated heterocycles. The van der Waals surface area contributed by atoms with Gasteiger partial charge < -0.3 is 19.1 Å². The van der Waals surface area contributed by atoms with E-state index in [0.717, 1.165) is 11.3 Å². The summed E-state index contributed by atoms with van der Waals surface area (Å²) in [6, 6.07) is 5.04. The van der Waals surface area contributed by atoms with Crippen molar-refractivity contribution in [1.29, 1.82) is 0 Å². The van der Waals surface area contributed by atoms with Gasteiger partial charge in [0.1, 0.15) is 5.75 Å². The smallest absolute Gasteiger partial charge is 0.339 e. The minimum absolute atomic E-state index is 0.184. The summed E-state index contributed by atoms with van der Waals surface area (Å²) in [6.45, 7) is 4.39. The van der Waals surface area contributed by atoms with Crippen molar-refractivity contribution in [2.75, 3.05) is 13.2 Å². The number of carboxylic acids is 1. The molecule has 1 N–H and O–H groups in total. The standard InChI is InChI=1S/C17H17NO5/c1-3-22-17(21)12-6-10(2)18(9-12)14-8-15-11(4-5-23-15)7-13(14)16(19)20/h6-9H,3-5H2,1-2H3,(H,19,20). The lowest BCUT2D eigenvalue weighted by Gasteiger charge is -2.12. The Kier molecular flexibility index (Phi) is 3.82. The third-order valence-electron chi connectivity index (χ3n) is 3.82. The maximum Gasteiger partial charge on any atom is 0.339 e. The number of hydrogen-bond donors (Lipinski definition) is 1. The van der Waals surface area contributed by atoms with E-state index < -0.39 is 11.9 Å². The van der Waals surface area contributed by atoms with E-state index in [-0.39, 0.29) is 12.2 Å². The number of aromatic nitrogens is 1. The van der Waals surface area contributed by atoms with E-state index in [1.54, 1.807) is 35.9 Å². The Morgan fingerprint density at radius 2 is 2.13 bits per heavy atom. The number of ether oxygens (including phenoxy) is 2. The zero-order chi connectivity index (χ0) is 16.6. The first-order valence-electron chi connectivity index (χ1n) is 7.40. The Balaban J connectivity index is 2.11. The van der Waals surface area contributed by atoms with Gasteiger partial charge in [-0.1, -0.05) is 0 Å². The van der Waals surface area contributed by atoms with Crippen molar-refractivity contribution in [2.45, 2.75) is 20.3 Å². The van der Waals surface area contributed by atoms with Gasteiger partial charge in [0.25, 0.3) is 0 Å². The van der Waals surface area contributed by atoms with Crippen molar-refractivity contribution in [3.63, 3.8) is 0 Å². The van der Waals surface area contributed by atoms with Gasteiger partial charge in [-0.15, -0.1) is 0 Å². The lowest BCUT2D eigenvalue weighted by Crippen LogP contribution is -2.07. The van der Waals surface area contributed by atoms with Crippen molar-refractivity contribution in [3.05, 3.63) is 46.8 Å². The van der Waals surface area contributed by atoms with E-state index in [1.165, 1.54) is 0 Å². The molecule has 0 bridgehead atoms. The maximum absolute atomic E-state index is 11.9. The second-order valence-electron chi connectivity index (χ2n) is 5.34. The molecule has 1 aromatic heterocycles. The Morgan fingerprint density at radius 3 is 2.83 bits per heavy atom. The number of fused-ring (bicyclic) bond motifs is 1. The average Bonchev–Trinajstić information content (AvgIpc) is 3.11. The quantitative estimate of drug-likeness (QED) is 0.878. The molecule has 0 radical (unpaired) electrons. The number of carboxylic acid groups (broad SMARTS) is 1. The summed E-state index contributed by atoms with van der Waals surface area (Å²) in [5, 5.41) is 9.50. The topological polar surface area (TPSA) is 77.8 Å². The number of nitrogens with zero attached hydrogens (tertiary/aromatic N) is 1. The zero-order valence-corrected chi connectivity index (χ0v) is 13.0. The molecule has 1 aromatic carbocycles. The van der Waals surface area contributed by atoms with E-state index in [1.807, 2.05) is 6.92 Å². The molecule has 0 saturated carbocycles. The third-order valence-corrected chi connectivity index (χ3v) is 3.82. The van der Waals surface area contributed by atoms with Gasteiger partial charge in [0, 0.05) is 24.4 Å². The van der Waals surface area contributed by atoms with Gasteiger partial charge in [0.2, 0.25) is 0 Å². The highest BCUT2D eigenvalue weighted by Gasteiger charge is 2.22. The van der Waals surface area contributed by atoms with E-state index in [4.69, 9.17) is 9.47 Å². The number of carbonyl (C=O) groups excluding carboxylic acids is 1. The monoisotopic (exact) mass is 315 g/mol. The van der Waals surface area contributed by atoms with Gasteiger partial charge in [-0.25, -0.2) is 9.59 Å². The van der Waals surface area contributed by atoms with Gasteiger partial charge in [0.15, 0.2) is 0 Å². The van der Waals surface area contributed by atoms with Crippen LogP contribution in [0.4, 0.5) is 0 Å². The largest absolute Gasteiger partial charge is 0.493 e. The Morgan fingerprint density at radius 1 is 1.35 bits per heavy atom. The Labute approximate surface area is 133 Å². The molecule has 0 spiro atoms. The molecule has 1 aliphatic rings. The van der Waals surface area contributed by atoms with Crippen LogP contribution in [0.2, 0.25) is 0 Å². The van der Waals surface area contributed by atoms with Crippen LogP contribution in [0, 0.1) is 6.92 Å². The summed E-state index contributed by atoms with van der Waals surface area (Å²) >= 11 is 0. The van der Waals surface area contributed by atoms with Gasteiger partial charge in [0.05, 0.1) is 30.0 Å². The maximum atomic E-state index is 11.9. The molecule has 1 aliphatic heterocycles. The summed E-state index contributed by atoms with van der Waals surface area (Å²) in [5.41, 5.74) is 2.69. The fraction of sp³-hybridized carbons (Fsp3) is 0.294. The van der Waals surface area contributed by atoms with E-state index in [2.05, 4.69) is 0 Å². The highest BCUT2D eigenvalue weighted by Crippen LogP contribution is 2.32. The molecule has 0 amide bonds. The van der Waals surface area contributed by atoms with Gasteiger partial charge in [-0.05, 0) is 31.5 Å². The summed E-state index contributed by atoms with van der Waals surface area (Å²) in [6.07, 6.45) is 2.30. The Bertz CT molecular complexity index is 791. The van der Waals surface area contributed by atoms with E-state index in [0.29, 0.717) is 30.0 Å². The molecule has 120 valence electrons. The normalized spacial score (nSPS) is 12.6. The summed E-state index contributed by atoms with van der Waals surface area (Å²) < 4.78 is 12.2. The first-order valence-corrected chi connectivity index (χ1v) is 7.40. The number of aromatic carboxylic acids is 1. The lowest BCUT2D eigenvalue weighted by atomic mass is 10.1. The second kappa shape index (κ2) is 5.79. The first-order chi connectivity index (χ1) is 11.0. The van der Waals surface area contributed by atoms with Gasteiger partial charge >= 0.3 is 11.9 Å². The fourth-order valence-electron chi connectivity index (χ4n) is 2.74. The van der Waals surface area contributed by atoms with Crippen LogP contribution in [-0.2, 0) is 11.2 Å². The van der Waals surface area contributed by atoms with Crippen molar-refractivity contribution >= 4 is 11.9 Å². The third kappa shape index (κ3) is 2.67. The SMILES string of the molecule is CCOC(=O)c1cc(C)n(-c2cc3c(cc2C(=O)O)CCO3)c1. The molecular formula is C17H17NO5. The van der Waals surface area contributed by atoms with Gasteiger partial charge in [-0.3, -0.25) is 0 Å². The summed E-state index contributed by atoms with van der Waals surface area (Å²) in [7, 11) is 0. The number of benzene rings is 1. The number of aryl methyl sites for hydroxylation is 1. The highest BCUT2D eigenvalue weighted by atomic mass is 16.5. The number of esters is 1. The van der Waals surface area contributed by atoms with Crippen molar-refractivity contribution in [2.24, 2.45) is 0 Å². The summed E-state index contributed by atoms with van der Waals surface area (Å²) in [5.74, 6) is -0.750. The van der Waals surface area contributed by atoms with Crippen molar-refractivity contribution in [1.82, 2.24) is 4.57 Å². The van der Waals surface area contributed by atoms with Gasteiger partial charge in [-0.2, -0.15) is 0 Å².